The number of aromatic hydroxyl groups is 1. The van der Waals surface area contributed by atoms with Crippen molar-refractivity contribution in [1.29, 1.82) is 0 Å². The number of aromatic nitrogens is 2. The lowest BCUT2D eigenvalue weighted by Crippen LogP contribution is -2.40. The summed E-state index contributed by atoms with van der Waals surface area (Å²) in [4.78, 5) is 9.07. The highest BCUT2D eigenvalue weighted by Crippen LogP contribution is 2.38. The Balaban J connectivity index is 1.84. The van der Waals surface area contributed by atoms with E-state index in [1.165, 1.54) is 12.1 Å². The standard InChI is InChI=1S/C24H27FN2O4Si/c1-24(2,3)32(5,6)30-13-14-7-16(23-18(8-14)27-22(29-4)12-26-23)21-10-15-9-19(28)17(25)11-20(15)31-21/h7-12,28H,13H2,1-6H3. The lowest BCUT2D eigenvalue weighted by Gasteiger charge is -2.36. The largest absolute Gasteiger partial charge is 0.505 e. The first-order valence-corrected chi connectivity index (χ1v) is 13.3. The Labute approximate surface area is 187 Å². The van der Waals surface area contributed by atoms with Gasteiger partial charge in [0.25, 0.3) is 0 Å². The zero-order chi connectivity index (χ0) is 23.3. The minimum atomic E-state index is -1.96. The Morgan fingerprint density at radius 3 is 2.56 bits per heavy atom. The van der Waals surface area contributed by atoms with Crippen LogP contribution in [-0.4, -0.2) is 30.5 Å². The first-order valence-electron chi connectivity index (χ1n) is 10.4. The number of hydrogen-bond donors (Lipinski definition) is 1. The van der Waals surface area contributed by atoms with Crippen LogP contribution in [0.3, 0.4) is 0 Å². The summed E-state index contributed by atoms with van der Waals surface area (Å²) in [6.07, 6.45) is 1.55. The number of rotatable bonds is 5. The van der Waals surface area contributed by atoms with E-state index in [0.29, 0.717) is 45.8 Å². The van der Waals surface area contributed by atoms with Crippen molar-refractivity contribution in [2.45, 2.75) is 45.5 Å². The zero-order valence-corrected chi connectivity index (χ0v) is 20.1. The second-order valence-electron chi connectivity index (χ2n) is 9.42. The van der Waals surface area contributed by atoms with Gasteiger partial charge >= 0.3 is 0 Å². The van der Waals surface area contributed by atoms with Crippen LogP contribution in [0.15, 0.2) is 40.9 Å². The van der Waals surface area contributed by atoms with E-state index in [9.17, 15) is 9.50 Å². The molecule has 0 atom stereocenters. The maximum Gasteiger partial charge on any atom is 0.232 e. The fourth-order valence-corrected chi connectivity index (χ4v) is 4.16. The van der Waals surface area contributed by atoms with Crippen LogP contribution in [0, 0.1) is 5.82 Å². The molecule has 0 saturated carbocycles. The molecule has 0 aliphatic heterocycles. The van der Waals surface area contributed by atoms with Crippen LogP contribution in [0.1, 0.15) is 26.3 Å². The van der Waals surface area contributed by atoms with Gasteiger partial charge in [0.15, 0.2) is 19.9 Å². The number of phenolic OH excluding ortho intramolecular Hbond substituents is 1. The Morgan fingerprint density at radius 1 is 1.12 bits per heavy atom. The minimum absolute atomic E-state index is 0.0838. The normalized spacial score (nSPS) is 12.6. The van der Waals surface area contributed by atoms with Crippen molar-refractivity contribution < 1.29 is 23.1 Å². The third-order valence-corrected chi connectivity index (χ3v) is 10.6. The SMILES string of the molecule is COc1cnc2c(-c3cc4cc(O)c(F)cc4o3)cc(CO[Si](C)(C)C(C)(C)C)cc2n1. The number of ether oxygens (including phenoxy) is 1. The monoisotopic (exact) mass is 454 g/mol. The highest BCUT2D eigenvalue weighted by atomic mass is 28.4. The van der Waals surface area contributed by atoms with Crippen LogP contribution in [0.5, 0.6) is 11.6 Å². The van der Waals surface area contributed by atoms with Crippen LogP contribution in [-0.2, 0) is 11.0 Å². The first-order chi connectivity index (χ1) is 15.0. The zero-order valence-electron chi connectivity index (χ0n) is 19.1. The number of furan rings is 1. The van der Waals surface area contributed by atoms with Gasteiger partial charge in [0.2, 0.25) is 5.88 Å². The molecule has 1 N–H and O–H groups in total. The summed E-state index contributed by atoms with van der Waals surface area (Å²) < 4.78 is 31.4. The van der Waals surface area contributed by atoms with Gasteiger partial charge in [-0.15, -0.1) is 0 Å². The summed E-state index contributed by atoms with van der Waals surface area (Å²) in [5.41, 5.74) is 3.25. The molecule has 0 aliphatic rings. The van der Waals surface area contributed by atoms with Crippen LogP contribution in [0.2, 0.25) is 18.1 Å². The van der Waals surface area contributed by atoms with E-state index < -0.39 is 19.9 Å². The van der Waals surface area contributed by atoms with E-state index in [1.54, 1.807) is 19.4 Å². The van der Waals surface area contributed by atoms with Gasteiger partial charge in [0.1, 0.15) is 11.3 Å². The summed E-state index contributed by atoms with van der Waals surface area (Å²) in [5.74, 6) is -0.244. The van der Waals surface area contributed by atoms with Crippen LogP contribution in [0.4, 0.5) is 4.39 Å². The second kappa shape index (κ2) is 7.86. The molecule has 4 rings (SSSR count). The Morgan fingerprint density at radius 2 is 1.88 bits per heavy atom. The molecule has 6 nitrogen and oxygen atoms in total. The third-order valence-electron chi connectivity index (χ3n) is 6.15. The number of hydrogen-bond acceptors (Lipinski definition) is 6. The third kappa shape index (κ3) is 4.08. The van der Waals surface area contributed by atoms with Crippen molar-refractivity contribution in [3.63, 3.8) is 0 Å². The van der Waals surface area contributed by atoms with Crippen molar-refractivity contribution in [3.8, 4) is 23.0 Å². The highest BCUT2D eigenvalue weighted by molar-refractivity contribution is 6.74. The van der Waals surface area contributed by atoms with E-state index in [2.05, 4.69) is 43.8 Å². The van der Waals surface area contributed by atoms with Gasteiger partial charge in [-0.05, 0) is 48.0 Å². The van der Waals surface area contributed by atoms with Crippen molar-refractivity contribution in [3.05, 3.63) is 47.9 Å². The molecule has 0 amide bonds. The lowest BCUT2D eigenvalue weighted by atomic mass is 10.1. The number of halogens is 1. The minimum Gasteiger partial charge on any atom is -0.505 e. The molecule has 4 aromatic rings. The second-order valence-corrected chi connectivity index (χ2v) is 14.2. The van der Waals surface area contributed by atoms with Crippen molar-refractivity contribution in [2.75, 3.05) is 7.11 Å². The first kappa shape index (κ1) is 22.2. The van der Waals surface area contributed by atoms with Crippen LogP contribution < -0.4 is 4.74 Å². The Kier molecular flexibility index (Phi) is 5.46. The molecule has 0 fully saturated rings. The predicted molar refractivity (Wildman–Crippen MR) is 125 cm³/mol. The van der Waals surface area contributed by atoms with Gasteiger partial charge in [-0.3, -0.25) is 0 Å². The van der Waals surface area contributed by atoms with Gasteiger partial charge in [-0.1, -0.05) is 20.8 Å². The van der Waals surface area contributed by atoms with E-state index in [-0.39, 0.29) is 5.04 Å². The highest BCUT2D eigenvalue weighted by Gasteiger charge is 2.37. The van der Waals surface area contributed by atoms with E-state index >= 15 is 0 Å². The van der Waals surface area contributed by atoms with Crippen molar-refractivity contribution >= 4 is 30.3 Å². The summed E-state index contributed by atoms with van der Waals surface area (Å²) in [5, 5.41) is 10.4. The molecule has 0 bridgehead atoms. The van der Waals surface area contributed by atoms with Gasteiger partial charge in [-0.25, -0.2) is 14.4 Å². The van der Waals surface area contributed by atoms with Crippen molar-refractivity contribution in [2.24, 2.45) is 0 Å². The quantitative estimate of drug-likeness (QED) is 0.351. The topological polar surface area (TPSA) is 77.6 Å². The number of nitrogens with zero attached hydrogens (tertiary/aromatic N) is 2. The number of benzene rings is 2. The molecule has 32 heavy (non-hydrogen) atoms. The van der Waals surface area contributed by atoms with E-state index in [0.717, 1.165) is 5.56 Å². The van der Waals surface area contributed by atoms with Gasteiger partial charge in [0, 0.05) is 17.0 Å². The molecule has 168 valence electrons. The molecule has 0 aliphatic carbocycles. The summed E-state index contributed by atoms with van der Waals surface area (Å²) in [6, 6.07) is 8.18. The molecule has 0 saturated heterocycles. The van der Waals surface area contributed by atoms with Crippen LogP contribution >= 0.6 is 0 Å². The summed E-state index contributed by atoms with van der Waals surface area (Å²) in [7, 11) is -0.419. The fraction of sp³-hybridized carbons (Fsp3) is 0.333. The molecule has 2 aromatic carbocycles. The number of fused-ring (bicyclic) bond motifs is 2. The van der Waals surface area contributed by atoms with Crippen molar-refractivity contribution in [1.82, 2.24) is 9.97 Å². The molecule has 0 unspecified atom stereocenters. The molecule has 2 aromatic heterocycles. The average Bonchev–Trinajstić information content (AvgIpc) is 3.13. The molecule has 0 radical (unpaired) electrons. The van der Waals surface area contributed by atoms with Gasteiger partial charge < -0.3 is 18.7 Å². The number of methoxy groups -OCH3 is 1. The molecule has 8 heteroatoms. The Hall–Kier alpha value is -2.97. The van der Waals surface area contributed by atoms with Gasteiger partial charge in [0.05, 0.1) is 30.9 Å². The van der Waals surface area contributed by atoms with E-state index in [1.807, 2.05) is 12.1 Å². The molecule has 2 heterocycles. The number of phenols is 1. The van der Waals surface area contributed by atoms with Crippen LogP contribution in [0.25, 0.3) is 33.3 Å². The maximum atomic E-state index is 13.8. The Bertz CT molecular complexity index is 1270. The van der Waals surface area contributed by atoms with Gasteiger partial charge in [-0.2, -0.15) is 0 Å². The summed E-state index contributed by atoms with van der Waals surface area (Å²) >= 11 is 0. The molecule has 0 spiro atoms. The lowest BCUT2D eigenvalue weighted by molar-refractivity contribution is 0.276. The summed E-state index contributed by atoms with van der Waals surface area (Å²) in [6.45, 7) is 11.4. The fourth-order valence-electron chi connectivity index (χ4n) is 3.20. The average molecular weight is 455 g/mol. The maximum absolute atomic E-state index is 13.8. The van der Waals surface area contributed by atoms with E-state index in [4.69, 9.17) is 13.6 Å². The molecular weight excluding hydrogens is 427 g/mol. The molecular formula is C24H27FN2O4Si. The smallest absolute Gasteiger partial charge is 0.232 e. The predicted octanol–water partition coefficient (Wildman–Crippen LogP) is 6.42.